The van der Waals surface area contributed by atoms with E-state index < -0.39 is 5.60 Å². The van der Waals surface area contributed by atoms with Crippen molar-refractivity contribution >= 4 is 6.09 Å². The van der Waals surface area contributed by atoms with E-state index in [2.05, 4.69) is 5.32 Å². The molecule has 4 heteroatoms. The predicted octanol–water partition coefficient (Wildman–Crippen LogP) is 3.31. The van der Waals surface area contributed by atoms with Crippen LogP contribution < -0.4 is 5.32 Å². The molecule has 0 radical (unpaired) electrons. The summed E-state index contributed by atoms with van der Waals surface area (Å²) in [5.74, 6) is 0. The third kappa shape index (κ3) is 4.65. The van der Waals surface area contributed by atoms with Crippen LogP contribution in [0.1, 0.15) is 65.7 Å². The Morgan fingerprint density at radius 1 is 1.15 bits per heavy atom. The molecule has 4 nitrogen and oxygen atoms in total. The molecular formula is C16H30N2O2. The maximum Gasteiger partial charge on any atom is 0.410 e. The summed E-state index contributed by atoms with van der Waals surface area (Å²) in [5.41, 5.74) is -0.402. The standard InChI is InChI=1S/C16H30N2O2/c1-16(2,3)20-15(19)18-11-7-10-14(18)12-17-13-8-5-4-6-9-13/h13-14,17H,4-12H2,1-3H3. The number of likely N-dealkylation sites (tertiary alicyclic amines) is 1. The van der Waals surface area contributed by atoms with Gasteiger partial charge >= 0.3 is 6.09 Å². The van der Waals surface area contributed by atoms with Crippen LogP contribution in [-0.2, 0) is 4.74 Å². The van der Waals surface area contributed by atoms with Crippen molar-refractivity contribution in [2.45, 2.75) is 83.4 Å². The van der Waals surface area contributed by atoms with Gasteiger partial charge in [0.05, 0.1) is 0 Å². The van der Waals surface area contributed by atoms with Crippen molar-refractivity contribution in [2.75, 3.05) is 13.1 Å². The van der Waals surface area contributed by atoms with Crippen LogP contribution in [0.3, 0.4) is 0 Å². The molecule has 0 aromatic heterocycles. The number of carbonyl (C=O) groups is 1. The number of nitrogens with one attached hydrogen (secondary N) is 1. The highest BCUT2D eigenvalue weighted by molar-refractivity contribution is 5.69. The van der Waals surface area contributed by atoms with Crippen LogP contribution in [0.15, 0.2) is 0 Å². The number of ether oxygens (including phenoxy) is 1. The minimum Gasteiger partial charge on any atom is -0.444 e. The summed E-state index contributed by atoms with van der Waals surface area (Å²) in [7, 11) is 0. The molecule has 2 rings (SSSR count). The molecule has 116 valence electrons. The molecule has 1 amide bonds. The zero-order chi connectivity index (χ0) is 14.6. The van der Waals surface area contributed by atoms with Crippen molar-refractivity contribution in [2.24, 2.45) is 0 Å². The van der Waals surface area contributed by atoms with Gasteiger partial charge < -0.3 is 15.0 Å². The fraction of sp³-hybridized carbons (Fsp3) is 0.938. The van der Waals surface area contributed by atoms with Crippen LogP contribution in [-0.4, -0.2) is 41.8 Å². The van der Waals surface area contributed by atoms with E-state index in [0.29, 0.717) is 12.1 Å². The number of amides is 1. The lowest BCUT2D eigenvalue weighted by molar-refractivity contribution is 0.0224. The highest BCUT2D eigenvalue weighted by Gasteiger charge is 2.32. The topological polar surface area (TPSA) is 41.6 Å². The third-order valence-corrected chi connectivity index (χ3v) is 4.25. The fourth-order valence-corrected chi connectivity index (χ4v) is 3.22. The van der Waals surface area contributed by atoms with Gasteiger partial charge in [-0.1, -0.05) is 19.3 Å². The van der Waals surface area contributed by atoms with E-state index >= 15 is 0 Å². The van der Waals surface area contributed by atoms with E-state index in [-0.39, 0.29) is 6.09 Å². The fourth-order valence-electron chi connectivity index (χ4n) is 3.22. The van der Waals surface area contributed by atoms with Gasteiger partial charge in [0, 0.05) is 25.2 Å². The quantitative estimate of drug-likeness (QED) is 0.863. The van der Waals surface area contributed by atoms with Gasteiger partial charge in [0.15, 0.2) is 0 Å². The van der Waals surface area contributed by atoms with Gasteiger partial charge in [-0.2, -0.15) is 0 Å². The number of hydrogen-bond acceptors (Lipinski definition) is 3. The van der Waals surface area contributed by atoms with E-state index in [0.717, 1.165) is 25.9 Å². The molecule has 1 aliphatic carbocycles. The summed E-state index contributed by atoms with van der Waals surface area (Å²) in [6.07, 6.45) is 8.69. The van der Waals surface area contributed by atoms with Gasteiger partial charge in [-0.05, 0) is 46.5 Å². The average Bonchev–Trinajstić information content (AvgIpc) is 2.84. The molecule has 0 bridgehead atoms. The van der Waals surface area contributed by atoms with Crippen LogP contribution in [0, 0.1) is 0 Å². The highest BCUT2D eigenvalue weighted by atomic mass is 16.6. The lowest BCUT2D eigenvalue weighted by atomic mass is 9.95. The van der Waals surface area contributed by atoms with Gasteiger partial charge in [0.2, 0.25) is 0 Å². The van der Waals surface area contributed by atoms with E-state index in [9.17, 15) is 4.79 Å². The minimum atomic E-state index is -0.402. The van der Waals surface area contributed by atoms with Gasteiger partial charge in [0.1, 0.15) is 5.60 Å². The largest absolute Gasteiger partial charge is 0.444 e. The summed E-state index contributed by atoms with van der Waals surface area (Å²) in [6, 6.07) is 0.969. The van der Waals surface area contributed by atoms with Crippen molar-refractivity contribution in [3.8, 4) is 0 Å². The molecule has 1 saturated heterocycles. The Labute approximate surface area is 123 Å². The minimum absolute atomic E-state index is 0.148. The van der Waals surface area contributed by atoms with Gasteiger partial charge in [0.25, 0.3) is 0 Å². The first-order valence-electron chi connectivity index (χ1n) is 8.19. The lowest BCUT2D eigenvalue weighted by Crippen LogP contribution is -2.46. The Hall–Kier alpha value is -0.770. The van der Waals surface area contributed by atoms with Crippen LogP contribution in [0.25, 0.3) is 0 Å². The van der Waals surface area contributed by atoms with Gasteiger partial charge in [-0.25, -0.2) is 4.79 Å². The number of rotatable bonds is 3. The Balaban J connectivity index is 1.79. The summed E-state index contributed by atoms with van der Waals surface area (Å²) in [6.45, 7) is 7.54. The maximum atomic E-state index is 12.2. The van der Waals surface area contributed by atoms with E-state index in [1.807, 2.05) is 25.7 Å². The van der Waals surface area contributed by atoms with Crippen LogP contribution in [0.4, 0.5) is 4.79 Å². The summed E-state index contributed by atoms with van der Waals surface area (Å²) < 4.78 is 5.50. The van der Waals surface area contributed by atoms with Gasteiger partial charge in [-0.3, -0.25) is 0 Å². The molecule has 2 fully saturated rings. The molecule has 1 N–H and O–H groups in total. The monoisotopic (exact) mass is 282 g/mol. The van der Waals surface area contributed by atoms with Crippen molar-refractivity contribution in [1.82, 2.24) is 10.2 Å². The molecule has 20 heavy (non-hydrogen) atoms. The Bertz CT molecular complexity index is 319. The van der Waals surface area contributed by atoms with Crippen LogP contribution in [0.2, 0.25) is 0 Å². The molecule has 1 heterocycles. The van der Waals surface area contributed by atoms with Crippen molar-refractivity contribution in [3.63, 3.8) is 0 Å². The molecule has 2 aliphatic rings. The zero-order valence-electron chi connectivity index (χ0n) is 13.3. The molecule has 0 aromatic carbocycles. The first kappa shape index (κ1) is 15.6. The number of hydrogen-bond donors (Lipinski definition) is 1. The molecular weight excluding hydrogens is 252 g/mol. The molecule has 1 aliphatic heterocycles. The lowest BCUT2D eigenvalue weighted by Gasteiger charge is -2.30. The second-order valence-corrected chi connectivity index (χ2v) is 7.21. The van der Waals surface area contributed by atoms with Gasteiger partial charge in [-0.15, -0.1) is 0 Å². The van der Waals surface area contributed by atoms with E-state index in [1.54, 1.807) is 0 Å². The van der Waals surface area contributed by atoms with Crippen molar-refractivity contribution < 1.29 is 9.53 Å². The molecule has 1 atom stereocenters. The summed E-state index contributed by atoms with van der Waals surface area (Å²) >= 11 is 0. The van der Waals surface area contributed by atoms with Crippen LogP contribution in [0.5, 0.6) is 0 Å². The first-order valence-corrected chi connectivity index (χ1v) is 8.19. The Morgan fingerprint density at radius 3 is 2.50 bits per heavy atom. The predicted molar refractivity (Wildman–Crippen MR) is 80.8 cm³/mol. The second kappa shape index (κ2) is 6.79. The number of carbonyl (C=O) groups excluding carboxylic acids is 1. The average molecular weight is 282 g/mol. The van der Waals surface area contributed by atoms with Crippen molar-refractivity contribution in [3.05, 3.63) is 0 Å². The Kier molecular flexibility index (Phi) is 5.30. The summed E-state index contributed by atoms with van der Waals surface area (Å²) in [5, 5.41) is 3.66. The maximum absolute atomic E-state index is 12.2. The zero-order valence-corrected chi connectivity index (χ0v) is 13.3. The van der Waals surface area contributed by atoms with E-state index in [1.165, 1.54) is 32.1 Å². The first-order chi connectivity index (χ1) is 9.46. The number of nitrogens with zero attached hydrogens (tertiary/aromatic N) is 1. The smallest absolute Gasteiger partial charge is 0.410 e. The highest BCUT2D eigenvalue weighted by Crippen LogP contribution is 2.22. The second-order valence-electron chi connectivity index (χ2n) is 7.21. The summed E-state index contributed by atoms with van der Waals surface area (Å²) in [4.78, 5) is 14.1. The SMILES string of the molecule is CC(C)(C)OC(=O)N1CCCC1CNC1CCCCC1. The molecule has 0 aromatic rings. The third-order valence-electron chi connectivity index (χ3n) is 4.25. The van der Waals surface area contributed by atoms with Crippen LogP contribution >= 0.6 is 0 Å². The molecule has 0 spiro atoms. The Morgan fingerprint density at radius 2 is 1.85 bits per heavy atom. The molecule has 1 unspecified atom stereocenters. The van der Waals surface area contributed by atoms with E-state index in [4.69, 9.17) is 4.74 Å². The van der Waals surface area contributed by atoms with Crippen molar-refractivity contribution in [1.29, 1.82) is 0 Å². The molecule has 1 saturated carbocycles. The normalized spacial score (nSPS) is 24.9.